The van der Waals surface area contributed by atoms with Crippen LogP contribution in [0.3, 0.4) is 0 Å². The molecule has 0 aliphatic rings. The summed E-state index contributed by atoms with van der Waals surface area (Å²) in [5.74, 6) is -3.95. The zero-order valence-electron chi connectivity index (χ0n) is 11.6. The first kappa shape index (κ1) is 14.3. The molecule has 0 spiro atoms. The summed E-state index contributed by atoms with van der Waals surface area (Å²) in [7, 11) is 0. The molecule has 1 aromatic carbocycles. The Morgan fingerprint density at radius 2 is 1.59 bits per heavy atom. The monoisotopic (exact) mass is 300 g/mol. The van der Waals surface area contributed by atoms with Crippen LogP contribution in [-0.4, -0.2) is 9.97 Å². The molecular formula is C17H11F3N2. The standard InChI is InChI=1S/C17H11F3N2/c1-10-6-16(11-7-13(18)17(20)14(19)8-11)22-9-12(10)15-4-2-3-5-21-15/h2-9H,1H3. The molecule has 22 heavy (non-hydrogen) atoms. The van der Waals surface area contributed by atoms with Gasteiger partial charge >= 0.3 is 0 Å². The summed E-state index contributed by atoms with van der Waals surface area (Å²) < 4.78 is 39.6. The number of hydrogen-bond acceptors (Lipinski definition) is 2. The van der Waals surface area contributed by atoms with Gasteiger partial charge in [0.05, 0.1) is 11.4 Å². The van der Waals surface area contributed by atoms with Gasteiger partial charge in [0, 0.05) is 23.5 Å². The molecule has 3 rings (SSSR count). The second-order valence-corrected chi connectivity index (χ2v) is 4.85. The lowest BCUT2D eigenvalue weighted by Crippen LogP contribution is -1.95. The smallest absolute Gasteiger partial charge is 0.194 e. The van der Waals surface area contributed by atoms with Gasteiger partial charge < -0.3 is 0 Å². The molecule has 0 atom stereocenters. The minimum absolute atomic E-state index is 0.187. The first-order valence-corrected chi connectivity index (χ1v) is 6.59. The number of aromatic nitrogens is 2. The maximum Gasteiger partial charge on any atom is 0.194 e. The second kappa shape index (κ2) is 5.60. The number of hydrogen-bond donors (Lipinski definition) is 0. The Labute approximate surface area is 125 Å². The van der Waals surface area contributed by atoms with E-state index < -0.39 is 17.5 Å². The molecule has 2 heterocycles. The van der Waals surface area contributed by atoms with Gasteiger partial charge in [0.1, 0.15) is 0 Å². The van der Waals surface area contributed by atoms with Gasteiger partial charge in [0.2, 0.25) is 0 Å². The lowest BCUT2D eigenvalue weighted by Gasteiger charge is -2.08. The molecule has 0 fully saturated rings. The Balaban J connectivity index is 2.06. The van der Waals surface area contributed by atoms with Crippen LogP contribution in [0, 0.1) is 24.4 Å². The third-order valence-electron chi connectivity index (χ3n) is 3.33. The van der Waals surface area contributed by atoms with E-state index in [0.29, 0.717) is 5.69 Å². The number of nitrogens with zero attached hydrogens (tertiary/aromatic N) is 2. The lowest BCUT2D eigenvalue weighted by atomic mass is 10.0. The van der Waals surface area contributed by atoms with E-state index >= 15 is 0 Å². The van der Waals surface area contributed by atoms with Gasteiger partial charge in [-0.1, -0.05) is 6.07 Å². The van der Waals surface area contributed by atoms with Gasteiger partial charge in [-0.2, -0.15) is 0 Å². The molecule has 0 radical (unpaired) electrons. The molecule has 0 aliphatic carbocycles. The molecule has 2 nitrogen and oxygen atoms in total. The van der Waals surface area contributed by atoms with E-state index in [-0.39, 0.29) is 5.56 Å². The zero-order valence-corrected chi connectivity index (χ0v) is 11.6. The largest absolute Gasteiger partial charge is 0.256 e. The van der Waals surface area contributed by atoms with Gasteiger partial charge in [0.25, 0.3) is 0 Å². The van der Waals surface area contributed by atoms with Crippen molar-refractivity contribution in [1.82, 2.24) is 9.97 Å². The lowest BCUT2D eigenvalue weighted by molar-refractivity contribution is 0.447. The minimum Gasteiger partial charge on any atom is -0.256 e. The number of aryl methyl sites for hydroxylation is 1. The molecule has 3 aromatic rings. The fourth-order valence-electron chi connectivity index (χ4n) is 2.21. The first-order valence-electron chi connectivity index (χ1n) is 6.59. The highest BCUT2D eigenvalue weighted by molar-refractivity contribution is 5.68. The van der Waals surface area contributed by atoms with E-state index in [4.69, 9.17) is 0 Å². The number of pyridine rings is 2. The van der Waals surface area contributed by atoms with E-state index in [1.165, 1.54) is 0 Å². The van der Waals surface area contributed by atoms with Gasteiger partial charge in [-0.3, -0.25) is 9.97 Å². The van der Waals surface area contributed by atoms with E-state index in [9.17, 15) is 13.2 Å². The average Bonchev–Trinajstić information content (AvgIpc) is 2.53. The van der Waals surface area contributed by atoms with Crippen LogP contribution in [0.4, 0.5) is 13.2 Å². The second-order valence-electron chi connectivity index (χ2n) is 4.85. The zero-order chi connectivity index (χ0) is 15.7. The summed E-state index contributed by atoms with van der Waals surface area (Å²) in [4.78, 5) is 8.44. The number of benzene rings is 1. The maximum absolute atomic E-state index is 13.3. The van der Waals surface area contributed by atoms with Crippen LogP contribution in [0.15, 0.2) is 48.8 Å². The normalized spacial score (nSPS) is 10.7. The minimum atomic E-state index is -1.48. The van der Waals surface area contributed by atoms with Crippen LogP contribution in [-0.2, 0) is 0 Å². The van der Waals surface area contributed by atoms with Crippen LogP contribution < -0.4 is 0 Å². The van der Waals surface area contributed by atoms with Gasteiger partial charge in [0.15, 0.2) is 17.5 Å². The van der Waals surface area contributed by atoms with Crippen LogP contribution in [0.1, 0.15) is 5.56 Å². The summed E-state index contributed by atoms with van der Waals surface area (Å²) in [5, 5.41) is 0. The van der Waals surface area contributed by atoms with Crippen molar-refractivity contribution in [2.45, 2.75) is 6.92 Å². The van der Waals surface area contributed by atoms with Crippen molar-refractivity contribution < 1.29 is 13.2 Å². The molecule has 5 heteroatoms. The Hall–Kier alpha value is -2.69. The Morgan fingerprint density at radius 1 is 0.864 bits per heavy atom. The van der Waals surface area contributed by atoms with Crippen molar-refractivity contribution in [3.8, 4) is 22.5 Å². The number of rotatable bonds is 2. The number of halogens is 3. The quantitative estimate of drug-likeness (QED) is 0.649. The highest BCUT2D eigenvalue weighted by Crippen LogP contribution is 2.27. The van der Waals surface area contributed by atoms with Gasteiger partial charge in [-0.25, -0.2) is 13.2 Å². The third-order valence-corrected chi connectivity index (χ3v) is 3.33. The predicted octanol–water partition coefficient (Wildman–Crippen LogP) is 4.54. The fraction of sp³-hybridized carbons (Fsp3) is 0.0588. The van der Waals surface area contributed by atoms with E-state index in [2.05, 4.69) is 9.97 Å². The Bertz CT molecular complexity index is 810. The van der Waals surface area contributed by atoms with Crippen molar-refractivity contribution in [2.75, 3.05) is 0 Å². The fourth-order valence-corrected chi connectivity index (χ4v) is 2.21. The van der Waals surface area contributed by atoms with Crippen molar-refractivity contribution in [2.24, 2.45) is 0 Å². The summed E-state index contributed by atoms with van der Waals surface area (Å²) in [6.07, 6.45) is 3.26. The van der Waals surface area contributed by atoms with Crippen LogP contribution in [0.2, 0.25) is 0 Å². The van der Waals surface area contributed by atoms with E-state index in [0.717, 1.165) is 29.0 Å². The molecule has 0 saturated heterocycles. The molecule has 0 saturated carbocycles. The SMILES string of the molecule is Cc1cc(-c2cc(F)c(F)c(F)c2)ncc1-c1ccccn1. The molecule has 0 aliphatic heterocycles. The van der Waals surface area contributed by atoms with E-state index in [1.54, 1.807) is 18.5 Å². The van der Waals surface area contributed by atoms with Crippen molar-refractivity contribution in [1.29, 1.82) is 0 Å². The van der Waals surface area contributed by atoms with Crippen molar-refractivity contribution in [3.05, 3.63) is 71.8 Å². The Morgan fingerprint density at radius 3 is 2.18 bits per heavy atom. The molecule has 0 N–H and O–H groups in total. The van der Waals surface area contributed by atoms with Gasteiger partial charge in [-0.15, -0.1) is 0 Å². The van der Waals surface area contributed by atoms with E-state index in [1.807, 2.05) is 25.1 Å². The molecule has 0 bridgehead atoms. The summed E-state index contributed by atoms with van der Waals surface area (Å²) in [6.45, 7) is 1.85. The van der Waals surface area contributed by atoms with Crippen LogP contribution in [0.5, 0.6) is 0 Å². The summed E-state index contributed by atoms with van der Waals surface area (Å²) >= 11 is 0. The maximum atomic E-state index is 13.3. The highest BCUT2D eigenvalue weighted by atomic mass is 19.2. The predicted molar refractivity (Wildman–Crippen MR) is 77.5 cm³/mol. The molecule has 0 unspecified atom stereocenters. The first-order chi connectivity index (χ1) is 10.6. The molecule has 2 aromatic heterocycles. The molecular weight excluding hydrogens is 289 g/mol. The van der Waals surface area contributed by atoms with Crippen LogP contribution in [0.25, 0.3) is 22.5 Å². The molecule has 110 valence electrons. The van der Waals surface area contributed by atoms with Crippen molar-refractivity contribution in [3.63, 3.8) is 0 Å². The average molecular weight is 300 g/mol. The topological polar surface area (TPSA) is 25.8 Å². The summed E-state index contributed by atoms with van der Waals surface area (Å²) in [5.41, 5.74) is 3.00. The summed E-state index contributed by atoms with van der Waals surface area (Å²) in [6, 6.07) is 9.07. The molecule has 0 amide bonds. The Kier molecular flexibility index (Phi) is 3.63. The highest BCUT2D eigenvalue weighted by Gasteiger charge is 2.13. The van der Waals surface area contributed by atoms with Crippen LogP contribution >= 0.6 is 0 Å². The third kappa shape index (κ3) is 2.57. The van der Waals surface area contributed by atoms with Crippen molar-refractivity contribution >= 4 is 0 Å². The van der Waals surface area contributed by atoms with Gasteiger partial charge in [-0.05, 0) is 42.8 Å².